The zero-order chi connectivity index (χ0) is 23.6. The van der Waals surface area contributed by atoms with Gasteiger partial charge in [-0.05, 0) is 37.3 Å². The van der Waals surface area contributed by atoms with Crippen molar-refractivity contribution >= 4 is 16.7 Å². The molecule has 2 aromatic carbocycles. The van der Waals surface area contributed by atoms with Crippen molar-refractivity contribution in [2.45, 2.75) is 24.3 Å². The second kappa shape index (κ2) is 9.62. The maximum absolute atomic E-state index is 14.7. The summed E-state index contributed by atoms with van der Waals surface area (Å²) in [5.41, 5.74) is -1.24. The van der Waals surface area contributed by atoms with E-state index in [9.17, 15) is 22.5 Å². The molecule has 3 atom stereocenters. The van der Waals surface area contributed by atoms with E-state index < -0.39 is 33.5 Å². The van der Waals surface area contributed by atoms with Gasteiger partial charge in [0.1, 0.15) is 46.7 Å². The lowest BCUT2D eigenvalue weighted by atomic mass is 9.90. The lowest BCUT2D eigenvalue weighted by Crippen LogP contribution is -2.53. The Morgan fingerprint density at radius 3 is 2.33 bits per heavy atom. The van der Waals surface area contributed by atoms with E-state index in [1.54, 1.807) is 23.4 Å². The van der Waals surface area contributed by atoms with Crippen molar-refractivity contribution in [1.82, 2.24) is 19.1 Å². The first-order valence-electron chi connectivity index (χ1n) is 10.4. The SMILES string of the molecule is C[C@@H](S(=O)N1CCN(c2ccc(F)cc2)CC1)[C@](O)(Cn1cncn1)c1ccc(F)cc1F. The highest BCUT2D eigenvalue weighted by Gasteiger charge is 2.44. The molecular formula is C22H24F3N5O2S. The number of aromatic nitrogens is 3. The van der Waals surface area contributed by atoms with Crippen LogP contribution in [0.3, 0.4) is 0 Å². The Labute approximate surface area is 192 Å². The second-order valence-electron chi connectivity index (χ2n) is 7.95. The third kappa shape index (κ3) is 4.94. The molecular weight excluding hydrogens is 455 g/mol. The Morgan fingerprint density at radius 1 is 1.06 bits per heavy atom. The van der Waals surface area contributed by atoms with Crippen LogP contribution in [-0.2, 0) is 23.1 Å². The van der Waals surface area contributed by atoms with Crippen LogP contribution in [0.15, 0.2) is 55.1 Å². The molecule has 7 nitrogen and oxygen atoms in total. The van der Waals surface area contributed by atoms with Crippen LogP contribution in [0.1, 0.15) is 12.5 Å². The maximum atomic E-state index is 14.7. The highest BCUT2D eigenvalue weighted by molar-refractivity contribution is 7.83. The maximum Gasteiger partial charge on any atom is 0.137 e. The summed E-state index contributed by atoms with van der Waals surface area (Å²) in [5, 5.41) is 14.7. The van der Waals surface area contributed by atoms with Gasteiger partial charge in [-0.1, -0.05) is 6.07 Å². The molecule has 11 heteroatoms. The molecule has 33 heavy (non-hydrogen) atoms. The van der Waals surface area contributed by atoms with Gasteiger partial charge in [-0.15, -0.1) is 0 Å². The third-order valence-corrected chi connectivity index (χ3v) is 7.80. The molecule has 1 aliphatic rings. The van der Waals surface area contributed by atoms with E-state index in [1.165, 1.54) is 35.5 Å². The van der Waals surface area contributed by atoms with Crippen LogP contribution in [-0.4, -0.2) is 59.8 Å². The van der Waals surface area contributed by atoms with E-state index in [1.807, 2.05) is 0 Å². The average Bonchev–Trinajstić information content (AvgIpc) is 3.31. The van der Waals surface area contributed by atoms with Crippen LogP contribution in [0, 0.1) is 17.5 Å². The second-order valence-corrected chi connectivity index (χ2v) is 9.73. The fourth-order valence-electron chi connectivity index (χ4n) is 4.00. The first-order chi connectivity index (χ1) is 15.8. The molecule has 1 unspecified atom stereocenters. The summed E-state index contributed by atoms with van der Waals surface area (Å²) in [5.74, 6) is -2.01. The van der Waals surface area contributed by atoms with Gasteiger partial charge in [-0.2, -0.15) is 5.10 Å². The van der Waals surface area contributed by atoms with Gasteiger partial charge in [0.05, 0.1) is 11.8 Å². The van der Waals surface area contributed by atoms with Gasteiger partial charge in [0.25, 0.3) is 0 Å². The van der Waals surface area contributed by atoms with Crippen LogP contribution < -0.4 is 4.90 Å². The standard InChI is InChI=1S/C22H24F3N5O2S/c1-16(33(32)30-10-8-28(9-11-30)19-5-2-17(23)3-6-19)22(31,13-29-15-26-14-27-29)20-7-4-18(24)12-21(20)25/h2-7,12,14-16,31H,8-11,13H2,1H3/t16-,22-,33?/m1/s1. The molecule has 1 fully saturated rings. The summed E-state index contributed by atoms with van der Waals surface area (Å²) in [4.78, 5) is 5.90. The summed E-state index contributed by atoms with van der Waals surface area (Å²) >= 11 is 0. The first kappa shape index (κ1) is 23.4. The predicted molar refractivity (Wildman–Crippen MR) is 118 cm³/mol. The lowest BCUT2D eigenvalue weighted by Gasteiger charge is -2.40. The van der Waals surface area contributed by atoms with Crippen molar-refractivity contribution in [3.63, 3.8) is 0 Å². The Kier molecular flexibility index (Phi) is 6.82. The fraction of sp³-hybridized carbons (Fsp3) is 0.364. The molecule has 0 aliphatic carbocycles. The molecule has 4 rings (SSSR count). The number of benzene rings is 2. The van der Waals surface area contributed by atoms with E-state index in [0.29, 0.717) is 32.2 Å². The number of rotatable bonds is 7. The van der Waals surface area contributed by atoms with Crippen LogP contribution in [0.5, 0.6) is 0 Å². The van der Waals surface area contributed by atoms with Crippen molar-refractivity contribution in [2.75, 3.05) is 31.1 Å². The third-order valence-electron chi connectivity index (χ3n) is 5.93. The van der Waals surface area contributed by atoms with Gasteiger partial charge < -0.3 is 10.0 Å². The Balaban J connectivity index is 1.54. The lowest BCUT2D eigenvalue weighted by molar-refractivity contribution is 0.0110. The number of hydrogen-bond donors (Lipinski definition) is 1. The van der Waals surface area contributed by atoms with E-state index in [4.69, 9.17) is 0 Å². The van der Waals surface area contributed by atoms with Crippen molar-refractivity contribution in [2.24, 2.45) is 0 Å². The highest BCUT2D eigenvalue weighted by atomic mass is 32.2. The van der Waals surface area contributed by atoms with Crippen molar-refractivity contribution in [3.8, 4) is 0 Å². The first-order valence-corrected chi connectivity index (χ1v) is 11.6. The van der Waals surface area contributed by atoms with Gasteiger partial charge in [-0.25, -0.2) is 31.4 Å². The summed E-state index contributed by atoms with van der Waals surface area (Å²) in [6.45, 7) is 3.33. The number of aliphatic hydroxyl groups is 1. The number of piperazine rings is 1. The molecule has 1 aliphatic heterocycles. The van der Waals surface area contributed by atoms with Crippen LogP contribution in [0.25, 0.3) is 0 Å². The largest absolute Gasteiger partial charge is 0.382 e. The van der Waals surface area contributed by atoms with E-state index >= 15 is 0 Å². The molecule has 3 aromatic rings. The number of halogens is 3. The van der Waals surface area contributed by atoms with Crippen molar-refractivity contribution < 1.29 is 22.5 Å². The Morgan fingerprint density at radius 2 is 1.73 bits per heavy atom. The molecule has 0 saturated carbocycles. The molecule has 176 valence electrons. The molecule has 1 N–H and O–H groups in total. The zero-order valence-electron chi connectivity index (χ0n) is 17.9. The molecule has 0 radical (unpaired) electrons. The summed E-state index contributed by atoms with van der Waals surface area (Å²) in [6, 6.07) is 9.09. The van der Waals surface area contributed by atoms with Crippen molar-refractivity contribution in [1.29, 1.82) is 0 Å². The van der Waals surface area contributed by atoms with E-state index in [-0.39, 0.29) is 17.9 Å². The van der Waals surface area contributed by atoms with Crippen LogP contribution in [0.2, 0.25) is 0 Å². The topological polar surface area (TPSA) is 74.5 Å². The Hall–Kier alpha value is -2.76. The minimum atomic E-state index is -1.94. The van der Waals surface area contributed by atoms with Gasteiger partial charge >= 0.3 is 0 Å². The Bertz CT molecular complexity index is 1110. The van der Waals surface area contributed by atoms with Crippen LogP contribution >= 0.6 is 0 Å². The summed E-state index contributed by atoms with van der Waals surface area (Å²) in [6.07, 6.45) is 2.64. The van der Waals surface area contributed by atoms with Gasteiger partial charge in [0.2, 0.25) is 0 Å². The zero-order valence-corrected chi connectivity index (χ0v) is 18.8. The predicted octanol–water partition coefficient (Wildman–Crippen LogP) is 2.46. The van der Waals surface area contributed by atoms with Gasteiger partial charge in [0, 0.05) is 43.5 Å². The smallest absolute Gasteiger partial charge is 0.137 e. The minimum Gasteiger partial charge on any atom is -0.382 e. The monoisotopic (exact) mass is 479 g/mol. The molecule has 0 amide bonds. The summed E-state index contributed by atoms with van der Waals surface area (Å²) < 4.78 is 58.0. The highest BCUT2D eigenvalue weighted by Crippen LogP contribution is 2.33. The quantitative estimate of drug-likeness (QED) is 0.564. The molecule has 2 heterocycles. The average molecular weight is 480 g/mol. The van der Waals surface area contributed by atoms with E-state index in [0.717, 1.165) is 11.8 Å². The van der Waals surface area contributed by atoms with Crippen molar-refractivity contribution in [3.05, 3.63) is 78.1 Å². The fourth-order valence-corrected chi connectivity index (χ4v) is 5.51. The molecule has 1 saturated heterocycles. The number of hydrogen-bond acceptors (Lipinski definition) is 5. The number of nitrogens with zero attached hydrogens (tertiary/aromatic N) is 5. The van der Waals surface area contributed by atoms with Gasteiger partial charge in [0.15, 0.2) is 0 Å². The van der Waals surface area contributed by atoms with Crippen LogP contribution in [0.4, 0.5) is 18.9 Å². The van der Waals surface area contributed by atoms with E-state index in [2.05, 4.69) is 15.0 Å². The minimum absolute atomic E-state index is 0.162. The molecule has 0 spiro atoms. The molecule has 1 aromatic heterocycles. The normalized spacial score (nSPS) is 18.6. The van der Waals surface area contributed by atoms with Gasteiger partial charge in [-0.3, -0.25) is 0 Å². The number of anilines is 1. The summed E-state index contributed by atoms with van der Waals surface area (Å²) in [7, 11) is -1.70. The molecule has 0 bridgehead atoms.